The van der Waals surface area contributed by atoms with Crippen molar-refractivity contribution in [3.8, 4) is 11.1 Å². The molecular weight excluding hydrogens is 316 g/mol. The molecule has 1 atom stereocenters. The summed E-state index contributed by atoms with van der Waals surface area (Å²) in [7, 11) is 0. The first-order valence-corrected chi connectivity index (χ1v) is 8.55. The standard InChI is InChI=1S/C19H20N4O2/c1-13(22-7-2-3-8-22)14-5-4-6-15(9-14)16-11-20-18-10-17(19(24)25)21-23(18)12-16/h4-6,9-13H,2-3,7-8H2,1H3,(H,24,25)/t13-/m0/s1. The average Bonchev–Trinajstić information content (AvgIpc) is 3.30. The third kappa shape index (κ3) is 3.00. The molecule has 6 heteroatoms. The smallest absolute Gasteiger partial charge is 0.356 e. The summed E-state index contributed by atoms with van der Waals surface area (Å²) in [4.78, 5) is 17.9. The lowest BCUT2D eigenvalue weighted by atomic mass is 10.0. The van der Waals surface area contributed by atoms with Crippen molar-refractivity contribution in [2.24, 2.45) is 0 Å². The minimum absolute atomic E-state index is 0.000978. The zero-order valence-electron chi connectivity index (χ0n) is 14.1. The second-order valence-corrected chi connectivity index (χ2v) is 6.52. The molecule has 3 aromatic rings. The van der Waals surface area contributed by atoms with E-state index in [1.165, 1.54) is 29.0 Å². The van der Waals surface area contributed by atoms with Crippen LogP contribution < -0.4 is 0 Å². The molecule has 1 aliphatic heterocycles. The molecule has 25 heavy (non-hydrogen) atoms. The van der Waals surface area contributed by atoms with Crippen LogP contribution in [0.5, 0.6) is 0 Å². The molecule has 128 valence electrons. The quantitative estimate of drug-likeness (QED) is 0.792. The summed E-state index contributed by atoms with van der Waals surface area (Å²) in [6, 6.07) is 10.3. The van der Waals surface area contributed by atoms with Crippen LogP contribution in [0.1, 0.15) is 41.9 Å². The maximum Gasteiger partial charge on any atom is 0.356 e. The topological polar surface area (TPSA) is 70.7 Å². The van der Waals surface area contributed by atoms with Crippen LogP contribution >= 0.6 is 0 Å². The Labute approximate surface area is 145 Å². The normalized spacial score (nSPS) is 16.4. The first-order chi connectivity index (χ1) is 12.1. The minimum Gasteiger partial charge on any atom is -0.476 e. The van der Waals surface area contributed by atoms with E-state index in [9.17, 15) is 4.79 Å². The monoisotopic (exact) mass is 336 g/mol. The highest BCUT2D eigenvalue weighted by Crippen LogP contribution is 2.28. The van der Waals surface area contributed by atoms with Crippen molar-refractivity contribution in [2.75, 3.05) is 13.1 Å². The van der Waals surface area contributed by atoms with Gasteiger partial charge in [-0.3, -0.25) is 4.90 Å². The summed E-state index contributed by atoms with van der Waals surface area (Å²) in [5, 5.41) is 13.1. The molecule has 0 amide bonds. The van der Waals surface area contributed by atoms with Crippen LogP contribution in [0.2, 0.25) is 0 Å². The summed E-state index contributed by atoms with van der Waals surface area (Å²) in [5.41, 5.74) is 3.79. The Bertz CT molecular complexity index is 928. The Kier molecular flexibility index (Phi) is 3.97. The second kappa shape index (κ2) is 6.29. The molecule has 4 rings (SSSR count). The van der Waals surface area contributed by atoms with E-state index in [0.717, 1.165) is 24.2 Å². The van der Waals surface area contributed by atoms with E-state index in [4.69, 9.17) is 5.11 Å². The van der Waals surface area contributed by atoms with Gasteiger partial charge in [0.1, 0.15) is 0 Å². The van der Waals surface area contributed by atoms with Crippen LogP contribution in [-0.4, -0.2) is 43.7 Å². The average molecular weight is 336 g/mol. The van der Waals surface area contributed by atoms with E-state index in [0.29, 0.717) is 11.7 Å². The zero-order valence-corrected chi connectivity index (χ0v) is 14.1. The molecule has 0 bridgehead atoms. The lowest BCUT2D eigenvalue weighted by molar-refractivity contribution is 0.0690. The predicted molar refractivity (Wildman–Crippen MR) is 94.6 cm³/mol. The van der Waals surface area contributed by atoms with Crippen molar-refractivity contribution < 1.29 is 9.90 Å². The molecule has 0 unspecified atom stereocenters. The Morgan fingerprint density at radius 2 is 2.00 bits per heavy atom. The summed E-state index contributed by atoms with van der Waals surface area (Å²) in [5.74, 6) is -1.05. The molecule has 1 aliphatic rings. The first kappa shape index (κ1) is 15.8. The number of aromatic nitrogens is 3. The van der Waals surface area contributed by atoms with E-state index in [2.05, 4.69) is 40.1 Å². The number of likely N-dealkylation sites (tertiary alicyclic amines) is 1. The number of fused-ring (bicyclic) bond motifs is 1. The SMILES string of the molecule is C[C@@H](c1cccc(-c2cnc3cc(C(=O)O)nn3c2)c1)N1CCCC1. The fraction of sp³-hybridized carbons (Fsp3) is 0.316. The van der Waals surface area contributed by atoms with Gasteiger partial charge in [0, 0.05) is 30.1 Å². The molecule has 0 saturated carbocycles. The molecule has 1 aromatic carbocycles. The maximum absolute atomic E-state index is 11.1. The highest BCUT2D eigenvalue weighted by molar-refractivity contribution is 5.86. The predicted octanol–water partition coefficient (Wildman–Crippen LogP) is 3.25. The van der Waals surface area contributed by atoms with Gasteiger partial charge in [-0.2, -0.15) is 5.10 Å². The summed E-state index contributed by atoms with van der Waals surface area (Å²) >= 11 is 0. The van der Waals surface area contributed by atoms with Gasteiger partial charge in [-0.1, -0.05) is 18.2 Å². The van der Waals surface area contributed by atoms with Crippen molar-refractivity contribution >= 4 is 11.6 Å². The molecule has 0 spiro atoms. The van der Waals surface area contributed by atoms with Crippen molar-refractivity contribution in [2.45, 2.75) is 25.8 Å². The number of hydrogen-bond donors (Lipinski definition) is 1. The molecule has 3 heterocycles. The fourth-order valence-corrected chi connectivity index (χ4v) is 3.45. The van der Waals surface area contributed by atoms with E-state index in [1.807, 2.05) is 12.3 Å². The molecular formula is C19H20N4O2. The van der Waals surface area contributed by atoms with Crippen LogP contribution in [-0.2, 0) is 0 Å². The Morgan fingerprint density at radius 1 is 1.20 bits per heavy atom. The lowest BCUT2D eigenvalue weighted by Gasteiger charge is -2.24. The molecule has 1 N–H and O–H groups in total. The van der Waals surface area contributed by atoms with E-state index in [1.54, 1.807) is 6.20 Å². The largest absolute Gasteiger partial charge is 0.476 e. The van der Waals surface area contributed by atoms with Crippen LogP contribution in [0.4, 0.5) is 0 Å². The van der Waals surface area contributed by atoms with Gasteiger partial charge in [0.05, 0.1) is 0 Å². The van der Waals surface area contributed by atoms with E-state index < -0.39 is 5.97 Å². The van der Waals surface area contributed by atoms with Gasteiger partial charge >= 0.3 is 5.97 Å². The van der Waals surface area contributed by atoms with Gasteiger partial charge in [-0.05, 0) is 50.0 Å². The van der Waals surface area contributed by atoms with E-state index in [-0.39, 0.29) is 5.69 Å². The Balaban J connectivity index is 1.68. The summed E-state index contributed by atoms with van der Waals surface area (Å²) < 4.78 is 1.52. The minimum atomic E-state index is -1.05. The van der Waals surface area contributed by atoms with Crippen LogP contribution in [0.15, 0.2) is 42.7 Å². The van der Waals surface area contributed by atoms with Crippen LogP contribution in [0.3, 0.4) is 0 Å². The number of benzene rings is 1. The van der Waals surface area contributed by atoms with Gasteiger partial charge in [0.15, 0.2) is 11.3 Å². The van der Waals surface area contributed by atoms with Gasteiger partial charge in [-0.15, -0.1) is 0 Å². The number of aromatic carboxylic acids is 1. The number of carboxylic acids is 1. The Morgan fingerprint density at radius 3 is 2.76 bits per heavy atom. The van der Waals surface area contributed by atoms with Gasteiger partial charge in [-0.25, -0.2) is 14.3 Å². The number of nitrogens with zero attached hydrogens (tertiary/aromatic N) is 4. The van der Waals surface area contributed by atoms with Crippen molar-refractivity contribution in [3.63, 3.8) is 0 Å². The molecule has 1 saturated heterocycles. The molecule has 2 aromatic heterocycles. The third-order valence-electron chi connectivity index (χ3n) is 4.92. The molecule has 6 nitrogen and oxygen atoms in total. The maximum atomic E-state index is 11.1. The Hall–Kier alpha value is -2.73. The van der Waals surface area contributed by atoms with Crippen LogP contribution in [0.25, 0.3) is 16.8 Å². The number of hydrogen-bond acceptors (Lipinski definition) is 4. The van der Waals surface area contributed by atoms with Gasteiger partial charge < -0.3 is 5.11 Å². The fourth-order valence-electron chi connectivity index (χ4n) is 3.45. The van der Waals surface area contributed by atoms with Gasteiger partial charge in [0.2, 0.25) is 0 Å². The number of carboxylic acid groups (broad SMARTS) is 1. The van der Waals surface area contributed by atoms with Gasteiger partial charge in [0.25, 0.3) is 0 Å². The van der Waals surface area contributed by atoms with Crippen molar-refractivity contribution in [3.05, 3.63) is 54.0 Å². The number of carbonyl (C=O) groups is 1. The zero-order chi connectivity index (χ0) is 17.4. The third-order valence-corrected chi connectivity index (χ3v) is 4.92. The molecule has 0 radical (unpaired) electrons. The molecule has 1 fully saturated rings. The highest BCUT2D eigenvalue weighted by Gasteiger charge is 2.19. The summed E-state index contributed by atoms with van der Waals surface area (Å²) in [6.45, 7) is 4.56. The van der Waals surface area contributed by atoms with Crippen molar-refractivity contribution in [1.29, 1.82) is 0 Å². The van der Waals surface area contributed by atoms with E-state index >= 15 is 0 Å². The summed E-state index contributed by atoms with van der Waals surface area (Å²) in [6.07, 6.45) is 6.14. The van der Waals surface area contributed by atoms with Crippen LogP contribution in [0, 0.1) is 0 Å². The number of rotatable bonds is 4. The second-order valence-electron chi connectivity index (χ2n) is 6.52. The first-order valence-electron chi connectivity index (χ1n) is 8.55. The van der Waals surface area contributed by atoms with Crippen molar-refractivity contribution in [1.82, 2.24) is 19.5 Å². The lowest BCUT2D eigenvalue weighted by Crippen LogP contribution is -2.23. The molecule has 0 aliphatic carbocycles. The highest BCUT2D eigenvalue weighted by atomic mass is 16.4.